The molecular weight excluding hydrogens is 265 g/mol. The molecule has 0 spiro atoms. The monoisotopic (exact) mass is 281 g/mol. The number of benzene rings is 2. The van der Waals surface area contributed by atoms with E-state index >= 15 is 0 Å². The Bertz CT molecular complexity index is 763. The van der Waals surface area contributed by atoms with Gasteiger partial charge >= 0.3 is 0 Å². The van der Waals surface area contributed by atoms with Gasteiger partial charge < -0.3 is 9.88 Å². The van der Waals surface area contributed by atoms with Crippen LogP contribution >= 0.6 is 0 Å². The fourth-order valence-corrected chi connectivity index (χ4v) is 3.22. The number of halogens is 1. The van der Waals surface area contributed by atoms with E-state index in [0.717, 1.165) is 36.1 Å². The summed E-state index contributed by atoms with van der Waals surface area (Å²) in [5.41, 5.74) is 4.43. The number of imidazole rings is 1. The highest BCUT2D eigenvalue weighted by molar-refractivity contribution is 5.75. The van der Waals surface area contributed by atoms with Gasteiger partial charge in [0.05, 0.1) is 23.4 Å². The number of rotatable bonds is 2. The molecule has 2 aromatic carbocycles. The molecule has 0 bridgehead atoms. The lowest BCUT2D eigenvalue weighted by atomic mass is 10.0. The Morgan fingerprint density at radius 3 is 2.86 bits per heavy atom. The minimum atomic E-state index is -0.187. The maximum atomic E-state index is 13.1. The molecule has 0 unspecified atom stereocenters. The first-order chi connectivity index (χ1) is 10.3. The van der Waals surface area contributed by atoms with E-state index in [1.165, 1.54) is 17.7 Å². The Labute approximate surface area is 122 Å². The number of hydrogen-bond acceptors (Lipinski definition) is 2. The van der Waals surface area contributed by atoms with Gasteiger partial charge in [-0.3, -0.25) is 0 Å². The van der Waals surface area contributed by atoms with Gasteiger partial charge in [0.25, 0.3) is 0 Å². The van der Waals surface area contributed by atoms with Crippen LogP contribution in [0.3, 0.4) is 0 Å². The highest BCUT2D eigenvalue weighted by Gasteiger charge is 2.26. The van der Waals surface area contributed by atoms with Crippen LogP contribution in [0.4, 0.5) is 10.1 Å². The summed E-state index contributed by atoms with van der Waals surface area (Å²) in [6.45, 7) is 1.01. The minimum Gasteiger partial charge on any atom is -0.364 e. The van der Waals surface area contributed by atoms with E-state index in [1.807, 2.05) is 12.1 Å². The smallest absolute Gasteiger partial charge is 0.123 e. The van der Waals surface area contributed by atoms with Gasteiger partial charge in [-0.1, -0.05) is 6.07 Å². The average molecular weight is 281 g/mol. The molecule has 4 rings (SSSR count). The number of nitrogens with one attached hydrogen (secondary N) is 1. The molecule has 1 atom stereocenters. The first kappa shape index (κ1) is 12.4. The lowest BCUT2D eigenvalue weighted by Gasteiger charge is -2.27. The summed E-state index contributed by atoms with van der Waals surface area (Å²) in [7, 11) is 0. The van der Waals surface area contributed by atoms with Gasteiger partial charge in [-0.15, -0.1) is 0 Å². The second-order valence-electron chi connectivity index (χ2n) is 5.51. The largest absolute Gasteiger partial charge is 0.364 e. The zero-order chi connectivity index (χ0) is 14.2. The third-order valence-electron chi connectivity index (χ3n) is 4.24. The normalized spacial score (nSPS) is 18.5. The molecule has 0 saturated carbocycles. The van der Waals surface area contributed by atoms with Crippen LogP contribution in [0.25, 0.3) is 11.0 Å². The van der Waals surface area contributed by atoms with Gasteiger partial charge in [-0.05, 0) is 54.8 Å². The van der Waals surface area contributed by atoms with Crippen molar-refractivity contribution < 1.29 is 4.39 Å². The molecule has 0 radical (unpaired) electrons. The van der Waals surface area contributed by atoms with Crippen molar-refractivity contribution in [2.24, 2.45) is 0 Å². The fraction of sp³-hybridized carbons (Fsp3) is 0.235. The molecule has 1 fully saturated rings. The standard InChI is InChI=1S/C17H16FN3/c18-13-4-6-14(7-5-13)21-9-1-2-17(21)12-3-8-15-16(10-12)20-11-19-15/h3-8,10-11,17H,1-2,9H2,(H,19,20)/t17-/m1/s1. The Morgan fingerprint density at radius 1 is 1.14 bits per heavy atom. The highest BCUT2D eigenvalue weighted by Crippen LogP contribution is 2.36. The molecule has 0 amide bonds. The van der Waals surface area contributed by atoms with Gasteiger partial charge in [-0.2, -0.15) is 0 Å². The maximum absolute atomic E-state index is 13.1. The molecule has 3 aromatic rings. The summed E-state index contributed by atoms with van der Waals surface area (Å²) in [6, 6.07) is 13.5. The highest BCUT2D eigenvalue weighted by atomic mass is 19.1. The van der Waals surface area contributed by atoms with Crippen LogP contribution in [-0.2, 0) is 0 Å². The molecule has 1 saturated heterocycles. The molecule has 1 N–H and O–H groups in total. The summed E-state index contributed by atoms with van der Waals surface area (Å²) in [4.78, 5) is 9.79. The molecule has 3 nitrogen and oxygen atoms in total. The zero-order valence-electron chi connectivity index (χ0n) is 11.6. The van der Waals surface area contributed by atoms with Crippen molar-refractivity contribution in [2.45, 2.75) is 18.9 Å². The second kappa shape index (κ2) is 4.88. The van der Waals surface area contributed by atoms with Crippen molar-refractivity contribution in [2.75, 3.05) is 11.4 Å². The van der Waals surface area contributed by atoms with Gasteiger partial charge in [0.1, 0.15) is 5.82 Å². The lowest BCUT2D eigenvalue weighted by molar-refractivity contribution is 0.627. The molecule has 1 aliphatic heterocycles. The van der Waals surface area contributed by atoms with Crippen molar-refractivity contribution in [1.29, 1.82) is 0 Å². The summed E-state index contributed by atoms with van der Waals surface area (Å²) in [5, 5.41) is 0. The molecule has 21 heavy (non-hydrogen) atoms. The third-order valence-corrected chi connectivity index (χ3v) is 4.24. The van der Waals surface area contributed by atoms with Gasteiger partial charge in [0.2, 0.25) is 0 Å². The summed E-state index contributed by atoms with van der Waals surface area (Å²) < 4.78 is 13.1. The van der Waals surface area contributed by atoms with Crippen LogP contribution in [0.15, 0.2) is 48.8 Å². The second-order valence-corrected chi connectivity index (χ2v) is 5.51. The van der Waals surface area contributed by atoms with Crippen molar-refractivity contribution in [1.82, 2.24) is 9.97 Å². The Balaban J connectivity index is 1.70. The van der Waals surface area contributed by atoms with E-state index in [2.05, 4.69) is 33.1 Å². The van der Waals surface area contributed by atoms with E-state index in [1.54, 1.807) is 6.33 Å². The SMILES string of the molecule is Fc1ccc(N2CCC[C@@H]2c2ccc3nc[nH]c3c2)cc1. The molecule has 1 aliphatic rings. The predicted octanol–water partition coefficient (Wildman–Crippen LogP) is 4.04. The van der Waals surface area contributed by atoms with Crippen molar-refractivity contribution in [3.8, 4) is 0 Å². The topological polar surface area (TPSA) is 31.9 Å². The predicted molar refractivity (Wildman–Crippen MR) is 81.8 cm³/mol. The van der Waals surface area contributed by atoms with E-state index < -0.39 is 0 Å². The van der Waals surface area contributed by atoms with Crippen LogP contribution in [-0.4, -0.2) is 16.5 Å². The van der Waals surface area contributed by atoms with E-state index in [-0.39, 0.29) is 5.82 Å². The molecule has 4 heteroatoms. The van der Waals surface area contributed by atoms with E-state index in [0.29, 0.717) is 6.04 Å². The quantitative estimate of drug-likeness (QED) is 0.768. The Morgan fingerprint density at radius 2 is 2.00 bits per heavy atom. The van der Waals surface area contributed by atoms with E-state index in [4.69, 9.17) is 0 Å². The van der Waals surface area contributed by atoms with Crippen LogP contribution in [0.2, 0.25) is 0 Å². The van der Waals surface area contributed by atoms with Gasteiger partial charge in [0.15, 0.2) is 0 Å². The Hall–Kier alpha value is -2.36. The van der Waals surface area contributed by atoms with Crippen LogP contribution in [0, 0.1) is 5.82 Å². The van der Waals surface area contributed by atoms with Crippen molar-refractivity contribution in [3.05, 3.63) is 60.2 Å². The molecule has 106 valence electrons. The lowest BCUT2D eigenvalue weighted by Crippen LogP contribution is -2.22. The summed E-state index contributed by atoms with van der Waals surface area (Å²) in [5.74, 6) is -0.187. The summed E-state index contributed by atoms with van der Waals surface area (Å²) >= 11 is 0. The van der Waals surface area contributed by atoms with Crippen molar-refractivity contribution >= 4 is 16.7 Å². The zero-order valence-corrected chi connectivity index (χ0v) is 11.6. The minimum absolute atomic E-state index is 0.187. The first-order valence-electron chi connectivity index (χ1n) is 7.26. The maximum Gasteiger partial charge on any atom is 0.123 e. The number of anilines is 1. The van der Waals surface area contributed by atoms with Crippen molar-refractivity contribution in [3.63, 3.8) is 0 Å². The number of hydrogen-bond donors (Lipinski definition) is 1. The fourth-order valence-electron chi connectivity index (χ4n) is 3.22. The average Bonchev–Trinajstić information content (AvgIpc) is 3.16. The Kier molecular flexibility index (Phi) is 2.88. The number of fused-ring (bicyclic) bond motifs is 1. The number of aromatic amines is 1. The number of aromatic nitrogens is 2. The molecular formula is C17H16FN3. The number of nitrogens with zero attached hydrogens (tertiary/aromatic N) is 2. The summed E-state index contributed by atoms with van der Waals surface area (Å²) in [6.07, 6.45) is 4.00. The third kappa shape index (κ3) is 2.17. The van der Waals surface area contributed by atoms with E-state index in [9.17, 15) is 4.39 Å². The van der Waals surface area contributed by atoms with Crippen LogP contribution in [0.1, 0.15) is 24.4 Å². The molecule has 2 heterocycles. The van der Waals surface area contributed by atoms with Gasteiger partial charge in [0, 0.05) is 12.2 Å². The molecule has 0 aliphatic carbocycles. The van der Waals surface area contributed by atoms with Gasteiger partial charge in [-0.25, -0.2) is 9.37 Å². The number of H-pyrrole nitrogens is 1. The molecule has 1 aromatic heterocycles. The van der Waals surface area contributed by atoms with Crippen LogP contribution < -0.4 is 4.90 Å². The first-order valence-corrected chi connectivity index (χ1v) is 7.26. The van der Waals surface area contributed by atoms with Crippen LogP contribution in [0.5, 0.6) is 0 Å².